The maximum absolute atomic E-state index is 13.3. The van der Waals surface area contributed by atoms with Crippen LogP contribution in [0.2, 0.25) is 0 Å². The Kier molecular flexibility index (Phi) is 4.90. The number of halogens is 1. The second-order valence-corrected chi connectivity index (χ2v) is 3.80. The van der Waals surface area contributed by atoms with E-state index in [1.54, 1.807) is 13.0 Å². The van der Waals surface area contributed by atoms with E-state index in [1.807, 2.05) is 0 Å². The van der Waals surface area contributed by atoms with Crippen molar-refractivity contribution in [2.75, 3.05) is 13.7 Å². The normalized spacial score (nSPS) is 12.0. The van der Waals surface area contributed by atoms with Gasteiger partial charge < -0.3 is 15.2 Å². The summed E-state index contributed by atoms with van der Waals surface area (Å²) in [6, 6.07) is 4.37. The van der Waals surface area contributed by atoms with E-state index in [1.165, 1.54) is 19.2 Å². The Labute approximate surface area is 99.4 Å². The van der Waals surface area contributed by atoms with Gasteiger partial charge in [0.1, 0.15) is 0 Å². The highest BCUT2D eigenvalue weighted by molar-refractivity contribution is 5.78. The van der Waals surface area contributed by atoms with Gasteiger partial charge in [-0.15, -0.1) is 0 Å². The summed E-state index contributed by atoms with van der Waals surface area (Å²) in [5.41, 5.74) is 0.561. The molecule has 1 atom stereocenters. The molecule has 0 spiro atoms. The fourth-order valence-electron chi connectivity index (χ4n) is 1.33. The minimum atomic E-state index is -0.591. The molecule has 0 aliphatic carbocycles. The van der Waals surface area contributed by atoms with Gasteiger partial charge in [0.25, 0.3) is 0 Å². The Bertz CT molecular complexity index is 393. The summed E-state index contributed by atoms with van der Waals surface area (Å²) < 4.78 is 18.1. The molecule has 0 bridgehead atoms. The van der Waals surface area contributed by atoms with Crippen molar-refractivity contribution >= 4 is 5.91 Å². The van der Waals surface area contributed by atoms with E-state index in [0.29, 0.717) is 5.56 Å². The lowest BCUT2D eigenvalue weighted by molar-refractivity contribution is -0.120. The SMILES string of the molecule is COc1ccc(CC(=O)NCC(C)O)cc1F. The Morgan fingerprint density at radius 3 is 2.82 bits per heavy atom. The van der Waals surface area contributed by atoms with Crippen molar-refractivity contribution in [1.29, 1.82) is 0 Å². The van der Waals surface area contributed by atoms with Crippen molar-refractivity contribution in [3.05, 3.63) is 29.6 Å². The summed E-state index contributed by atoms with van der Waals surface area (Å²) in [6.45, 7) is 1.77. The quantitative estimate of drug-likeness (QED) is 0.804. The number of hydrogen-bond acceptors (Lipinski definition) is 3. The van der Waals surface area contributed by atoms with Crippen LogP contribution in [0, 0.1) is 5.82 Å². The van der Waals surface area contributed by atoms with Crippen molar-refractivity contribution in [2.24, 2.45) is 0 Å². The number of nitrogens with one attached hydrogen (secondary N) is 1. The standard InChI is InChI=1S/C12H16FNO3/c1-8(15)7-14-12(16)6-9-3-4-11(17-2)10(13)5-9/h3-5,8,15H,6-7H2,1-2H3,(H,14,16). The van der Waals surface area contributed by atoms with Crippen molar-refractivity contribution in [3.63, 3.8) is 0 Å². The molecule has 17 heavy (non-hydrogen) atoms. The highest BCUT2D eigenvalue weighted by Crippen LogP contribution is 2.17. The molecule has 1 amide bonds. The van der Waals surface area contributed by atoms with Crippen LogP contribution in [0.25, 0.3) is 0 Å². The largest absolute Gasteiger partial charge is 0.494 e. The van der Waals surface area contributed by atoms with Gasteiger partial charge in [-0.1, -0.05) is 6.07 Å². The van der Waals surface area contributed by atoms with Crippen molar-refractivity contribution in [2.45, 2.75) is 19.4 Å². The van der Waals surface area contributed by atoms with Crippen molar-refractivity contribution in [3.8, 4) is 5.75 Å². The molecule has 1 aromatic carbocycles. The van der Waals surface area contributed by atoms with E-state index >= 15 is 0 Å². The first-order chi connectivity index (χ1) is 8.02. The summed E-state index contributed by atoms with van der Waals surface area (Å²) in [5, 5.41) is 11.5. The summed E-state index contributed by atoms with van der Waals surface area (Å²) in [5.74, 6) is -0.595. The third-order valence-electron chi connectivity index (χ3n) is 2.18. The number of carbonyl (C=O) groups is 1. The number of hydrogen-bond donors (Lipinski definition) is 2. The lowest BCUT2D eigenvalue weighted by Crippen LogP contribution is -2.31. The molecular formula is C12H16FNO3. The third-order valence-corrected chi connectivity index (χ3v) is 2.18. The molecule has 0 aliphatic heterocycles. The lowest BCUT2D eigenvalue weighted by Gasteiger charge is -2.08. The number of benzene rings is 1. The van der Waals surface area contributed by atoms with Crippen LogP contribution in [0.1, 0.15) is 12.5 Å². The summed E-state index contributed by atoms with van der Waals surface area (Å²) in [6.07, 6.45) is -0.514. The van der Waals surface area contributed by atoms with Crippen LogP contribution in [0.15, 0.2) is 18.2 Å². The van der Waals surface area contributed by atoms with E-state index < -0.39 is 11.9 Å². The van der Waals surface area contributed by atoms with E-state index in [9.17, 15) is 9.18 Å². The summed E-state index contributed by atoms with van der Waals surface area (Å²) >= 11 is 0. The van der Waals surface area contributed by atoms with Crippen LogP contribution in [0.5, 0.6) is 5.75 Å². The zero-order valence-electron chi connectivity index (χ0n) is 9.87. The summed E-state index contributed by atoms with van der Waals surface area (Å²) in [4.78, 5) is 11.4. The first-order valence-corrected chi connectivity index (χ1v) is 5.30. The number of rotatable bonds is 5. The first kappa shape index (κ1) is 13.4. The minimum Gasteiger partial charge on any atom is -0.494 e. The molecule has 4 nitrogen and oxygen atoms in total. The number of ether oxygens (including phenoxy) is 1. The van der Waals surface area contributed by atoms with Crippen LogP contribution in [0.4, 0.5) is 4.39 Å². The van der Waals surface area contributed by atoms with Crippen LogP contribution in [-0.2, 0) is 11.2 Å². The van der Waals surface area contributed by atoms with Gasteiger partial charge in [0.2, 0.25) is 5.91 Å². The van der Waals surface area contributed by atoms with E-state index in [-0.39, 0.29) is 24.6 Å². The van der Waals surface area contributed by atoms with Gasteiger partial charge in [0.15, 0.2) is 11.6 Å². The van der Waals surface area contributed by atoms with Gasteiger partial charge in [-0.25, -0.2) is 4.39 Å². The number of methoxy groups -OCH3 is 1. The number of aliphatic hydroxyl groups excluding tert-OH is 1. The number of amides is 1. The molecule has 94 valence electrons. The molecule has 0 radical (unpaired) electrons. The fraction of sp³-hybridized carbons (Fsp3) is 0.417. The monoisotopic (exact) mass is 241 g/mol. The molecule has 0 fully saturated rings. The summed E-state index contributed by atoms with van der Waals surface area (Å²) in [7, 11) is 1.38. The van der Waals surface area contributed by atoms with E-state index in [0.717, 1.165) is 0 Å². The first-order valence-electron chi connectivity index (χ1n) is 5.30. The maximum Gasteiger partial charge on any atom is 0.224 e. The third kappa shape index (κ3) is 4.40. The zero-order valence-corrected chi connectivity index (χ0v) is 9.87. The maximum atomic E-state index is 13.3. The number of aliphatic hydroxyl groups is 1. The molecule has 2 N–H and O–H groups in total. The Morgan fingerprint density at radius 2 is 2.29 bits per heavy atom. The zero-order chi connectivity index (χ0) is 12.8. The lowest BCUT2D eigenvalue weighted by atomic mass is 10.1. The van der Waals surface area contributed by atoms with Gasteiger partial charge in [-0.05, 0) is 24.6 Å². The predicted octanol–water partition coefficient (Wildman–Crippen LogP) is 0.874. The molecule has 1 unspecified atom stereocenters. The van der Waals surface area contributed by atoms with Crippen LogP contribution in [0.3, 0.4) is 0 Å². The minimum absolute atomic E-state index is 0.0770. The Balaban J connectivity index is 2.57. The van der Waals surface area contributed by atoms with E-state index in [4.69, 9.17) is 9.84 Å². The molecular weight excluding hydrogens is 225 g/mol. The Hall–Kier alpha value is -1.62. The molecule has 0 heterocycles. The molecule has 5 heteroatoms. The second-order valence-electron chi connectivity index (χ2n) is 3.80. The van der Waals surface area contributed by atoms with Crippen LogP contribution >= 0.6 is 0 Å². The molecule has 1 aromatic rings. The number of carbonyl (C=O) groups excluding carboxylic acids is 1. The highest BCUT2D eigenvalue weighted by atomic mass is 19.1. The second kappa shape index (κ2) is 6.20. The van der Waals surface area contributed by atoms with Gasteiger partial charge in [0, 0.05) is 6.54 Å². The van der Waals surface area contributed by atoms with Crippen molar-refractivity contribution in [1.82, 2.24) is 5.32 Å². The Morgan fingerprint density at radius 1 is 1.59 bits per heavy atom. The predicted molar refractivity (Wildman–Crippen MR) is 61.3 cm³/mol. The fourth-order valence-corrected chi connectivity index (χ4v) is 1.33. The van der Waals surface area contributed by atoms with Crippen LogP contribution < -0.4 is 10.1 Å². The average molecular weight is 241 g/mol. The van der Waals surface area contributed by atoms with E-state index in [2.05, 4.69) is 5.32 Å². The molecule has 0 saturated carbocycles. The molecule has 0 saturated heterocycles. The van der Waals surface area contributed by atoms with Crippen LogP contribution in [-0.4, -0.2) is 30.8 Å². The highest BCUT2D eigenvalue weighted by Gasteiger charge is 2.08. The average Bonchev–Trinajstić information content (AvgIpc) is 2.26. The molecule has 1 rings (SSSR count). The van der Waals surface area contributed by atoms with Gasteiger partial charge in [-0.2, -0.15) is 0 Å². The molecule has 0 aromatic heterocycles. The smallest absolute Gasteiger partial charge is 0.224 e. The topological polar surface area (TPSA) is 58.6 Å². The van der Waals surface area contributed by atoms with Crippen molar-refractivity contribution < 1.29 is 19.0 Å². The molecule has 0 aliphatic rings. The van der Waals surface area contributed by atoms with Gasteiger partial charge >= 0.3 is 0 Å². The van der Waals surface area contributed by atoms with Gasteiger partial charge in [-0.3, -0.25) is 4.79 Å². The van der Waals surface area contributed by atoms with Gasteiger partial charge in [0.05, 0.1) is 19.6 Å².